The minimum absolute atomic E-state index is 0.244. The summed E-state index contributed by atoms with van der Waals surface area (Å²) in [5.74, 6) is 1.91. The van der Waals surface area contributed by atoms with Gasteiger partial charge in [-0.3, -0.25) is 4.90 Å². The van der Waals surface area contributed by atoms with Crippen LogP contribution in [0.3, 0.4) is 0 Å². The highest BCUT2D eigenvalue weighted by Crippen LogP contribution is 2.03. The molecule has 0 fully saturated rings. The molecule has 5 heteroatoms. The van der Waals surface area contributed by atoms with E-state index in [0.29, 0.717) is 0 Å². The third-order valence-electron chi connectivity index (χ3n) is 2.63. The van der Waals surface area contributed by atoms with Crippen LogP contribution >= 0.6 is 0 Å². The van der Waals surface area contributed by atoms with E-state index in [0.717, 1.165) is 37.7 Å². The van der Waals surface area contributed by atoms with Crippen LogP contribution in [0.4, 0.5) is 0 Å². The van der Waals surface area contributed by atoms with Gasteiger partial charge in [-0.05, 0) is 19.9 Å². The van der Waals surface area contributed by atoms with Crippen molar-refractivity contribution >= 4 is 0 Å². The normalized spacial score (nSPS) is 11.3. The monoisotopic (exact) mass is 212 g/mol. The zero-order valence-electron chi connectivity index (χ0n) is 9.77. The van der Waals surface area contributed by atoms with Gasteiger partial charge in [0.1, 0.15) is 11.6 Å². The molecular formula is C10H20N4O. The highest BCUT2D eigenvalue weighted by atomic mass is 16.3. The Hall–Kier alpha value is -0.940. The molecule has 0 spiro atoms. The van der Waals surface area contributed by atoms with Crippen LogP contribution in [0.15, 0.2) is 0 Å². The summed E-state index contributed by atoms with van der Waals surface area (Å²) in [6.45, 7) is 6.97. The van der Waals surface area contributed by atoms with Crippen LogP contribution in [0.25, 0.3) is 0 Å². The lowest BCUT2D eigenvalue weighted by Crippen LogP contribution is -2.26. The molecule has 0 aliphatic heterocycles. The summed E-state index contributed by atoms with van der Waals surface area (Å²) in [6, 6.07) is 0. The summed E-state index contributed by atoms with van der Waals surface area (Å²) in [7, 11) is 1.98. The van der Waals surface area contributed by atoms with Gasteiger partial charge in [0.05, 0.1) is 6.54 Å². The van der Waals surface area contributed by atoms with Crippen molar-refractivity contribution in [3.05, 3.63) is 11.6 Å². The second-order valence-electron chi connectivity index (χ2n) is 3.67. The molecule has 5 nitrogen and oxygen atoms in total. The number of hydrogen-bond acceptors (Lipinski definition) is 4. The lowest BCUT2D eigenvalue weighted by atomic mass is 10.3. The summed E-state index contributed by atoms with van der Waals surface area (Å²) in [4.78, 5) is 2.25. The minimum Gasteiger partial charge on any atom is -0.396 e. The van der Waals surface area contributed by atoms with Crippen molar-refractivity contribution in [1.82, 2.24) is 19.7 Å². The van der Waals surface area contributed by atoms with Crippen LogP contribution in [-0.4, -0.2) is 44.5 Å². The van der Waals surface area contributed by atoms with Gasteiger partial charge in [-0.1, -0.05) is 6.92 Å². The Kier molecular flexibility index (Phi) is 4.71. The van der Waals surface area contributed by atoms with E-state index in [1.54, 1.807) is 0 Å². The lowest BCUT2D eigenvalue weighted by molar-refractivity contribution is 0.221. The zero-order chi connectivity index (χ0) is 11.3. The molecule has 0 unspecified atom stereocenters. The van der Waals surface area contributed by atoms with Crippen molar-refractivity contribution < 1.29 is 5.11 Å². The van der Waals surface area contributed by atoms with Crippen molar-refractivity contribution in [1.29, 1.82) is 0 Å². The molecule has 0 saturated heterocycles. The van der Waals surface area contributed by atoms with E-state index in [4.69, 9.17) is 5.11 Å². The summed E-state index contributed by atoms with van der Waals surface area (Å²) in [6.07, 6.45) is 0.810. The largest absolute Gasteiger partial charge is 0.396 e. The summed E-state index contributed by atoms with van der Waals surface area (Å²) in [5, 5.41) is 16.9. The maximum absolute atomic E-state index is 8.78. The van der Waals surface area contributed by atoms with E-state index in [2.05, 4.69) is 22.0 Å². The second kappa shape index (κ2) is 5.82. The van der Waals surface area contributed by atoms with Crippen LogP contribution in [0, 0.1) is 6.92 Å². The van der Waals surface area contributed by atoms with Gasteiger partial charge in [-0.2, -0.15) is 0 Å². The van der Waals surface area contributed by atoms with Crippen LogP contribution in [0.1, 0.15) is 25.0 Å². The third kappa shape index (κ3) is 3.28. The predicted molar refractivity (Wildman–Crippen MR) is 58.4 cm³/mol. The molecule has 1 heterocycles. The number of nitrogens with zero attached hydrogens (tertiary/aromatic N) is 4. The number of aromatic nitrogens is 3. The van der Waals surface area contributed by atoms with Gasteiger partial charge in [0.15, 0.2) is 0 Å². The number of aliphatic hydroxyl groups excluding tert-OH is 1. The predicted octanol–water partition coefficient (Wildman–Crippen LogP) is 0.328. The molecule has 0 bridgehead atoms. The van der Waals surface area contributed by atoms with Crippen molar-refractivity contribution in [3.8, 4) is 0 Å². The SMILES string of the molecule is CCN(CCCO)Cc1nnc(C)n1C. The zero-order valence-corrected chi connectivity index (χ0v) is 9.77. The molecule has 0 radical (unpaired) electrons. The Morgan fingerprint density at radius 3 is 2.60 bits per heavy atom. The van der Waals surface area contributed by atoms with E-state index in [-0.39, 0.29) is 6.61 Å². The van der Waals surface area contributed by atoms with Gasteiger partial charge in [-0.15, -0.1) is 10.2 Å². The molecule has 0 amide bonds. The summed E-state index contributed by atoms with van der Waals surface area (Å²) >= 11 is 0. The topological polar surface area (TPSA) is 54.2 Å². The van der Waals surface area contributed by atoms with Crippen molar-refractivity contribution in [2.24, 2.45) is 7.05 Å². The van der Waals surface area contributed by atoms with Gasteiger partial charge in [0.25, 0.3) is 0 Å². The lowest BCUT2D eigenvalue weighted by Gasteiger charge is -2.18. The van der Waals surface area contributed by atoms with E-state index in [1.165, 1.54) is 0 Å². The van der Waals surface area contributed by atoms with Crippen molar-refractivity contribution in [2.45, 2.75) is 26.8 Å². The Morgan fingerprint density at radius 2 is 2.13 bits per heavy atom. The van der Waals surface area contributed by atoms with E-state index < -0.39 is 0 Å². The molecule has 0 aromatic carbocycles. The highest BCUT2D eigenvalue weighted by molar-refractivity contribution is 4.92. The van der Waals surface area contributed by atoms with E-state index >= 15 is 0 Å². The molecule has 1 aromatic rings. The standard InChI is InChI=1S/C10H20N4O/c1-4-14(6-5-7-15)8-10-12-11-9(2)13(10)3/h15H,4-8H2,1-3H3. The molecule has 86 valence electrons. The average Bonchev–Trinajstić information content (AvgIpc) is 2.55. The first-order valence-electron chi connectivity index (χ1n) is 5.37. The number of hydrogen-bond donors (Lipinski definition) is 1. The van der Waals surface area contributed by atoms with Crippen LogP contribution in [0.5, 0.6) is 0 Å². The van der Waals surface area contributed by atoms with Gasteiger partial charge in [0.2, 0.25) is 0 Å². The highest BCUT2D eigenvalue weighted by Gasteiger charge is 2.09. The third-order valence-corrected chi connectivity index (χ3v) is 2.63. The number of aryl methyl sites for hydroxylation is 1. The first kappa shape index (κ1) is 12.1. The fourth-order valence-electron chi connectivity index (χ4n) is 1.43. The quantitative estimate of drug-likeness (QED) is 0.738. The first-order chi connectivity index (χ1) is 7.19. The Morgan fingerprint density at radius 1 is 1.40 bits per heavy atom. The summed E-state index contributed by atoms with van der Waals surface area (Å²) < 4.78 is 2.00. The molecular weight excluding hydrogens is 192 g/mol. The molecule has 0 atom stereocenters. The Balaban J connectivity index is 2.54. The van der Waals surface area contributed by atoms with Crippen LogP contribution in [0.2, 0.25) is 0 Å². The van der Waals surface area contributed by atoms with Gasteiger partial charge >= 0.3 is 0 Å². The fraction of sp³-hybridized carbons (Fsp3) is 0.800. The maximum atomic E-state index is 8.78. The van der Waals surface area contributed by atoms with Gasteiger partial charge in [0, 0.05) is 20.2 Å². The molecule has 1 rings (SSSR count). The average molecular weight is 212 g/mol. The minimum atomic E-state index is 0.244. The van der Waals surface area contributed by atoms with Crippen molar-refractivity contribution in [2.75, 3.05) is 19.7 Å². The van der Waals surface area contributed by atoms with E-state index in [9.17, 15) is 0 Å². The maximum Gasteiger partial charge on any atom is 0.146 e. The Bertz CT molecular complexity index is 298. The second-order valence-corrected chi connectivity index (χ2v) is 3.67. The first-order valence-corrected chi connectivity index (χ1v) is 5.37. The van der Waals surface area contributed by atoms with Crippen LogP contribution < -0.4 is 0 Å². The van der Waals surface area contributed by atoms with E-state index in [1.807, 2.05) is 18.5 Å². The molecule has 0 aliphatic rings. The molecule has 0 saturated carbocycles. The van der Waals surface area contributed by atoms with Crippen LogP contribution in [-0.2, 0) is 13.6 Å². The molecule has 1 aromatic heterocycles. The molecule has 15 heavy (non-hydrogen) atoms. The van der Waals surface area contributed by atoms with Crippen molar-refractivity contribution in [3.63, 3.8) is 0 Å². The molecule has 0 aliphatic carbocycles. The number of rotatable bonds is 6. The number of aliphatic hydroxyl groups is 1. The Labute approximate surface area is 90.7 Å². The van der Waals surface area contributed by atoms with Gasteiger partial charge < -0.3 is 9.67 Å². The smallest absolute Gasteiger partial charge is 0.146 e. The molecule has 1 N–H and O–H groups in total. The van der Waals surface area contributed by atoms with Gasteiger partial charge in [-0.25, -0.2) is 0 Å². The summed E-state index contributed by atoms with van der Waals surface area (Å²) in [5.41, 5.74) is 0. The fourth-order valence-corrected chi connectivity index (χ4v) is 1.43.